The van der Waals surface area contributed by atoms with E-state index in [0.29, 0.717) is 11.3 Å². The molecule has 0 radical (unpaired) electrons. The minimum atomic E-state index is 0.209. The Bertz CT molecular complexity index is 236. The van der Waals surface area contributed by atoms with Crippen molar-refractivity contribution in [3.63, 3.8) is 0 Å². The smallest absolute Gasteiger partial charge is 0.127 e. The van der Waals surface area contributed by atoms with Crippen molar-refractivity contribution in [2.24, 2.45) is 23.2 Å². The van der Waals surface area contributed by atoms with Crippen LogP contribution in [0.2, 0.25) is 0 Å². The van der Waals surface area contributed by atoms with Gasteiger partial charge in [0.2, 0.25) is 0 Å². The van der Waals surface area contributed by atoms with Gasteiger partial charge in [0.25, 0.3) is 0 Å². The van der Waals surface area contributed by atoms with Gasteiger partial charge in [0, 0.05) is 5.92 Å². The van der Waals surface area contributed by atoms with Gasteiger partial charge in [-0.1, -0.05) is 26.0 Å². The first kappa shape index (κ1) is 8.98. The second-order valence-corrected chi connectivity index (χ2v) is 5.27. The summed E-state index contributed by atoms with van der Waals surface area (Å²) in [5.74, 6) is 1.69. The Balaban J connectivity index is 2.15. The highest BCUT2D eigenvalue weighted by Crippen LogP contribution is 2.48. The third-order valence-electron chi connectivity index (χ3n) is 3.41. The van der Waals surface area contributed by atoms with Gasteiger partial charge in [0.05, 0.1) is 0 Å². The molecule has 0 bridgehead atoms. The third kappa shape index (κ3) is 1.84. The van der Waals surface area contributed by atoms with Gasteiger partial charge in [-0.3, -0.25) is 0 Å². The first-order chi connectivity index (χ1) is 6.12. The Kier molecular flexibility index (Phi) is 2.05. The Morgan fingerprint density at radius 2 is 2.08 bits per heavy atom. The van der Waals surface area contributed by atoms with Gasteiger partial charge in [0.15, 0.2) is 0 Å². The summed E-state index contributed by atoms with van der Waals surface area (Å²) in [5, 5.41) is 0. The first-order valence-corrected chi connectivity index (χ1v) is 5.27. The third-order valence-corrected chi connectivity index (χ3v) is 3.41. The van der Waals surface area contributed by atoms with Crippen molar-refractivity contribution in [2.75, 3.05) is 0 Å². The van der Waals surface area contributed by atoms with Crippen LogP contribution in [-0.2, 0) is 4.79 Å². The number of carbonyl (C=O) groups is 1. The van der Waals surface area contributed by atoms with Crippen LogP contribution < -0.4 is 0 Å². The summed E-state index contributed by atoms with van der Waals surface area (Å²) in [4.78, 5) is 10.9. The first-order valence-electron chi connectivity index (χ1n) is 5.27. The number of allylic oxidation sites excluding steroid dienone is 2. The lowest BCUT2D eigenvalue weighted by Gasteiger charge is -2.34. The predicted molar refractivity (Wildman–Crippen MR) is 53.3 cm³/mol. The molecule has 2 rings (SSSR count). The maximum atomic E-state index is 10.9. The monoisotopic (exact) mass is 178 g/mol. The summed E-state index contributed by atoms with van der Waals surface area (Å²) >= 11 is 0. The molecule has 72 valence electrons. The lowest BCUT2D eigenvalue weighted by atomic mass is 9.70. The standard InChI is InChI=1S/C12H18O/c1-12(2)6-5-10(8-13)11(7-12)9-3-4-9/h5-6,8-11H,3-4,7H2,1-2H3. The van der Waals surface area contributed by atoms with Crippen LogP contribution in [0.1, 0.15) is 33.1 Å². The maximum absolute atomic E-state index is 10.9. The fourth-order valence-corrected chi connectivity index (χ4v) is 2.48. The molecule has 1 fully saturated rings. The van der Waals surface area contributed by atoms with E-state index in [1.54, 1.807) is 0 Å². The average Bonchev–Trinajstić information content (AvgIpc) is 2.85. The number of hydrogen-bond acceptors (Lipinski definition) is 1. The fourth-order valence-electron chi connectivity index (χ4n) is 2.48. The molecule has 0 N–H and O–H groups in total. The van der Waals surface area contributed by atoms with E-state index >= 15 is 0 Å². The van der Waals surface area contributed by atoms with E-state index < -0.39 is 0 Å². The van der Waals surface area contributed by atoms with Crippen LogP contribution in [-0.4, -0.2) is 6.29 Å². The molecule has 0 spiro atoms. The van der Waals surface area contributed by atoms with Gasteiger partial charge in [-0.15, -0.1) is 0 Å². The van der Waals surface area contributed by atoms with E-state index in [0.717, 1.165) is 12.2 Å². The highest BCUT2D eigenvalue weighted by molar-refractivity contribution is 5.58. The zero-order valence-corrected chi connectivity index (χ0v) is 8.49. The van der Waals surface area contributed by atoms with Crippen LogP contribution >= 0.6 is 0 Å². The quantitative estimate of drug-likeness (QED) is 0.469. The van der Waals surface area contributed by atoms with Gasteiger partial charge in [-0.2, -0.15) is 0 Å². The van der Waals surface area contributed by atoms with E-state index in [9.17, 15) is 4.79 Å². The summed E-state index contributed by atoms with van der Waals surface area (Å²) < 4.78 is 0. The van der Waals surface area contributed by atoms with Crippen molar-refractivity contribution in [1.29, 1.82) is 0 Å². The molecule has 0 amide bonds. The number of hydrogen-bond donors (Lipinski definition) is 0. The lowest BCUT2D eigenvalue weighted by Crippen LogP contribution is -2.27. The Morgan fingerprint density at radius 1 is 1.38 bits per heavy atom. The molecule has 2 aliphatic rings. The van der Waals surface area contributed by atoms with E-state index in [-0.39, 0.29) is 5.92 Å². The molecule has 0 aromatic carbocycles. The molecule has 1 heteroatoms. The predicted octanol–water partition coefficient (Wildman–Crippen LogP) is 2.81. The van der Waals surface area contributed by atoms with Gasteiger partial charge in [0.1, 0.15) is 6.29 Å². The zero-order valence-electron chi connectivity index (χ0n) is 8.49. The van der Waals surface area contributed by atoms with E-state index in [4.69, 9.17) is 0 Å². The molecule has 1 nitrogen and oxygen atoms in total. The van der Waals surface area contributed by atoms with Crippen LogP contribution in [0.4, 0.5) is 0 Å². The number of carbonyl (C=O) groups excluding carboxylic acids is 1. The summed E-state index contributed by atoms with van der Waals surface area (Å²) in [7, 11) is 0. The molecule has 0 saturated heterocycles. The van der Waals surface area contributed by atoms with Crippen molar-refractivity contribution in [2.45, 2.75) is 33.1 Å². The van der Waals surface area contributed by atoms with Crippen LogP contribution in [0.5, 0.6) is 0 Å². The fraction of sp³-hybridized carbons (Fsp3) is 0.750. The summed E-state index contributed by atoms with van der Waals surface area (Å²) in [6, 6.07) is 0. The Labute approximate surface area is 80.2 Å². The molecule has 0 aromatic heterocycles. The minimum absolute atomic E-state index is 0.209. The molecule has 0 heterocycles. The topological polar surface area (TPSA) is 17.1 Å². The summed E-state index contributed by atoms with van der Waals surface area (Å²) in [6.07, 6.45) is 9.36. The molecule has 0 aromatic rings. The molecule has 2 unspecified atom stereocenters. The molecule has 2 atom stereocenters. The molecule has 0 aliphatic heterocycles. The molecule has 13 heavy (non-hydrogen) atoms. The molecule has 1 saturated carbocycles. The van der Waals surface area contributed by atoms with Crippen LogP contribution in [0, 0.1) is 23.2 Å². The van der Waals surface area contributed by atoms with E-state index in [2.05, 4.69) is 26.0 Å². The summed E-state index contributed by atoms with van der Waals surface area (Å²) in [5.41, 5.74) is 0.312. The van der Waals surface area contributed by atoms with Gasteiger partial charge >= 0.3 is 0 Å². The average molecular weight is 178 g/mol. The Hall–Kier alpha value is -0.590. The van der Waals surface area contributed by atoms with Gasteiger partial charge in [-0.25, -0.2) is 0 Å². The molecule has 2 aliphatic carbocycles. The normalized spacial score (nSPS) is 37.4. The summed E-state index contributed by atoms with van der Waals surface area (Å²) in [6.45, 7) is 4.53. The van der Waals surface area contributed by atoms with Crippen LogP contribution in [0.25, 0.3) is 0 Å². The molecular weight excluding hydrogens is 160 g/mol. The van der Waals surface area contributed by atoms with Crippen molar-refractivity contribution in [3.8, 4) is 0 Å². The second-order valence-electron chi connectivity index (χ2n) is 5.27. The van der Waals surface area contributed by atoms with Gasteiger partial charge < -0.3 is 4.79 Å². The van der Waals surface area contributed by atoms with Crippen LogP contribution in [0.15, 0.2) is 12.2 Å². The largest absolute Gasteiger partial charge is 0.303 e. The van der Waals surface area contributed by atoms with E-state index in [1.807, 2.05) is 0 Å². The van der Waals surface area contributed by atoms with E-state index in [1.165, 1.54) is 19.3 Å². The van der Waals surface area contributed by atoms with Gasteiger partial charge in [-0.05, 0) is 36.5 Å². The van der Waals surface area contributed by atoms with Crippen molar-refractivity contribution < 1.29 is 4.79 Å². The van der Waals surface area contributed by atoms with Crippen molar-refractivity contribution >= 4 is 6.29 Å². The van der Waals surface area contributed by atoms with Crippen LogP contribution in [0.3, 0.4) is 0 Å². The number of rotatable bonds is 2. The highest BCUT2D eigenvalue weighted by Gasteiger charge is 2.40. The van der Waals surface area contributed by atoms with Crippen molar-refractivity contribution in [1.82, 2.24) is 0 Å². The number of aldehydes is 1. The Morgan fingerprint density at radius 3 is 2.62 bits per heavy atom. The zero-order chi connectivity index (χ0) is 9.47. The minimum Gasteiger partial charge on any atom is -0.303 e. The SMILES string of the molecule is CC1(C)C=CC(C=O)C(C2CC2)C1. The highest BCUT2D eigenvalue weighted by atomic mass is 16.1. The molecular formula is C12H18O. The second kappa shape index (κ2) is 2.97. The maximum Gasteiger partial charge on any atom is 0.127 e. The van der Waals surface area contributed by atoms with Crippen molar-refractivity contribution in [3.05, 3.63) is 12.2 Å². The lowest BCUT2D eigenvalue weighted by molar-refractivity contribution is -0.111.